The van der Waals surface area contributed by atoms with Gasteiger partial charge in [-0.25, -0.2) is 0 Å². The molecule has 0 heterocycles. The Balaban J connectivity index is 1.64. The highest BCUT2D eigenvalue weighted by molar-refractivity contribution is 8.01. The minimum atomic E-state index is -1.36. The van der Waals surface area contributed by atoms with Gasteiger partial charge in [-0.3, -0.25) is 9.59 Å². The second-order valence-electron chi connectivity index (χ2n) is 11.4. The van der Waals surface area contributed by atoms with Gasteiger partial charge in [-0.15, -0.1) is 11.8 Å². The van der Waals surface area contributed by atoms with Crippen LogP contribution < -0.4 is 0 Å². The highest BCUT2D eigenvalue weighted by Gasteiger charge is 2.67. The first kappa shape index (κ1) is 22.3. The lowest BCUT2D eigenvalue weighted by Crippen LogP contribution is -2.61. The summed E-state index contributed by atoms with van der Waals surface area (Å²) in [7, 11) is 0. The highest BCUT2D eigenvalue weighted by atomic mass is 32.2. The molecule has 0 aromatic heterocycles. The van der Waals surface area contributed by atoms with E-state index in [0.29, 0.717) is 18.6 Å². The van der Waals surface area contributed by atoms with Gasteiger partial charge >= 0.3 is 0 Å². The zero-order valence-electron chi connectivity index (χ0n) is 18.9. The normalized spacial score (nSPS) is 45.4. The fourth-order valence-electron chi connectivity index (χ4n) is 7.19. The van der Waals surface area contributed by atoms with Gasteiger partial charge < -0.3 is 10.2 Å². The van der Waals surface area contributed by atoms with Crippen molar-refractivity contribution in [3.05, 3.63) is 23.8 Å². The maximum atomic E-state index is 13.3. The molecule has 7 atom stereocenters. The maximum absolute atomic E-state index is 13.3. The maximum Gasteiger partial charge on any atom is 0.178 e. The number of fused-ring (bicyclic) bond motifs is 5. The molecule has 4 rings (SSSR count). The Kier molecular flexibility index (Phi) is 5.24. The van der Waals surface area contributed by atoms with E-state index in [-0.39, 0.29) is 39.5 Å². The topological polar surface area (TPSA) is 74.6 Å². The Morgan fingerprint density at radius 3 is 2.63 bits per heavy atom. The summed E-state index contributed by atoms with van der Waals surface area (Å²) in [6.45, 7) is 10.4. The Morgan fingerprint density at radius 2 is 1.97 bits per heavy atom. The van der Waals surface area contributed by atoms with E-state index in [1.54, 1.807) is 23.9 Å². The number of ketones is 2. The number of thioether (sulfide) groups is 1. The summed E-state index contributed by atoms with van der Waals surface area (Å²) in [6, 6.07) is 0. The molecule has 0 spiro atoms. The van der Waals surface area contributed by atoms with Crippen LogP contribution in [0.3, 0.4) is 0 Å². The summed E-state index contributed by atoms with van der Waals surface area (Å²) in [5.41, 5.74) is -1.15. The molecular formula is C25H36O4S. The molecule has 4 nitrogen and oxygen atoms in total. The summed E-state index contributed by atoms with van der Waals surface area (Å²) in [5.74, 6) is 0.750. The fourth-order valence-corrected chi connectivity index (χ4v) is 7.99. The number of hydrogen-bond acceptors (Lipinski definition) is 5. The molecule has 0 radical (unpaired) electrons. The zero-order valence-corrected chi connectivity index (χ0v) is 19.7. The van der Waals surface area contributed by atoms with E-state index >= 15 is 0 Å². The molecule has 5 heteroatoms. The van der Waals surface area contributed by atoms with E-state index in [1.807, 2.05) is 13.0 Å². The van der Waals surface area contributed by atoms with E-state index in [4.69, 9.17) is 0 Å². The van der Waals surface area contributed by atoms with Crippen molar-refractivity contribution in [2.24, 2.45) is 28.6 Å². The largest absolute Gasteiger partial charge is 0.393 e. The third-order valence-electron chi connectivity index (χ3n) is 8.75. The van der Waals surface area contributed by atoms with Gasteiger partial charge in [0.25, 0.3) is 0 Å². The van der Waals surface area contributed by atoms with Gasteiger partial charge in [-0.05, 0) is 56.1 Å². The Bertz CT molecular complexity index is 823. The third-order valence-corrected chi connectivity index (χ3v) is 10.0. The molecule has 0 aliphatic heterocycles. The molecule has 0 saturated heterocycles. The third kappa shape index (κ3) is 3.18. The van der Waals surface area contributed by atoms with Gasteiger partial charge in [0.15, 0.2) is 11.6 Å². The SMILES string of the molecule is CC(C)(C)SCC(=O)C1(O)CCC2C3CCC4=CC(=O)C=CC4(C)C3C(O)CC21C. The van der Waals surface area contributed by atoms with E-state index in [1.165, 1.54) is 0 Å². The summed E-state index contributed by atoms with van der Waals surface area (Å²) >= 11 is 1.58. The van der Waals surface area contributed by atoms with Crippen LogP contribution in [0.5, 0.6) is 0 Å². The zero-order chi connectivity index (χ0) is 22.1. The van der Waals surface area contributed by atoms with Crippen LogP contribution in [0.15, 0.2) is 23.8 Å². The van der Waals surface area contributed by atoms with Crippen molar-refractivity contribution < 1.29 is 19.8 Å². The Hall–Kier alpha value is -0.910. The molecule has 0 bridgehead atoms. The molecule has 30 heavy (non-hydrogen) atoms. The number of hydrogen-bond donors (Lipinski definition) is 2. The average Bonchev–Trinajstić information content (AvgIpc) is 2.91. The van der Waals surface area contributed by atoms with Crippen molar-refractivity contribution in [1.29, 1.82) is 0 Å². The molecular weight excluding hydrogens is 396 g/mol. The molecule has 166 valence electrons. The van der Waals surface area contributed by atoms with Crippen molar-refractivity contribution in [2.75, 3.05) is 5.75 Å². The number of Topliss-reactive ketones (excluding diaryl/α,β-unsaturated/α-hetero) is 1. The molecule has 4 aliphatic carbocycles. The van der Waals surface area contributed by atoms with Crippen LogP contribution in [-0.4, -0.2) is 44.0 Å². The smallest absolute Gasteiger partial charge is 0.178 e. The van der Waals surface area contributed by atoms with Crippen LogP contribution in [0.4, 0.5) is 0 Å². The summed E-state index contributed by atoms with van der Waals surface area (Å²) in [6.07, 6.45) is 8.30. The van der Waals surface area contributed by atoms with Crippen LogP contribution in [0.1, 0.15) is 66.7 Å². The first-order chi connectivity index (χ1) is 13.8. The molecule has 3 saturated carbocycles. The molecule has 0 amide bonds. The number of rotatable bonds is 3. The summed E-state index contributed by atoms with van der Waals surface area (Å²) in [5, 5.41) is 23.1. The summed E-state index contributed by atoms with van der Waals surface area (Å²) < 4.78 is -0.0342. The summed E-state index contributed by atoms with van der Waals surface area (Å²) in [4.78, 5) is 25.2. The van der Waals surface area contributed by atoms with E-state index in [2.05, 4.69) is 27.7 Å². The molecule has 0 aromatic rings. The second kappa shape index (κ2) is 7.05. The van der Waals surface area contributed by atoms with Gasteiger partial charge in [0, 0.05) is 21.5 Å². The first-order valence-electron chi connectivity index (χ1n) is 11.3. The van der Waals surface area contributed by atoms with Gasteiger partial charge in [0.2, 0.25) is 0 Å². The lowest BCUT2D eigenvalue weighted by Gasteiger charge is -2.59. The molecule has 2 N–H and O–H groups in total. The van der Waals surface area contributed by atoms with Crippen LogP contribution in [0.2, 0.25) is 0 Å². The number of carbonyl (C=O) groups is 2. The molecule has 3 fully saturated rings. The fraction of sp³-hybridized carbons (Fsp3) is 0.760. The van der Waals surface area contributed by atoms with Crippen LogP contribution in [-0.2, 0) is 9.59 Å². The number of aliphatic hydroxyl groups excluding tert-OH is 1. The van der Waals surface area contributed by atoms with Crippen molar-refractivity contribution in [1.82, 2.24) is 0 Å². The van der Waals surface area contributed by atoms with E-state index in [9.17, 15) is 19.8 Å². The van der Waals surface area contributed by atoms with Crippen molar-refractivity contribution in [3.63, 3.8) is 0 Å². The van der Waals surface area contributed by atoms with Gasteiger partial charge in [-0.1, -0.05) is 46.3 Å². The Morgan fingerprint density at radius 1 is 1.27 bits per heavy atom. The quantitative estimate of drug-likeness (QED) is 0.702. The van der Waals surface area contributed by atoms with Gasteiger partial charge in [-0.2, -0.15) is 0 Å². The number of allylic oxidation sites excluding steroid dienone is 4. The van der Waals surface area contributed by atoms with Gasteiger partial charge in [0.05, 0.1) is 11.9 Å². The second-order valence-corrected chi connectivity index (χ2v) is 13.2. The minimum absolute atomic E-state index is 0.0290. The predicted octanol–water partition coefficient (Wildman–Crippen LogP) is 4.10. The van der Waals surface area contributed by atoms with Gasteiger partial charge in [0.1, 0.15) is 5.60 Å². The molecule has 4 aliphatic rings. The van der Waals surface area contributed by atoms with E-state index < -0.39 is 17.1 Å². The first-order valence-corrected chi connectivity index (χ1v) is 12.3. The Labute approximate surface area is 184 Å². The highest BCUT2D eigenvalue weighted by Crippen LogP contribution is 2.67. The standard InChI is InChI=1S/C25H36O4S/c1-22(2,3)30-14-20(28)25(29)11-9-18-17-7-6-15-12-16(26)8-10-23(15,4)21(17)19(27)13-24(18,25)5/h8,10,12,17-19,21,27,29H,6-7,9,11,13-14H2,1-5H3. The number of aliphatic hydroxyl groups is 2. The lowest BCUT2D eigenvalue weighted by atomic mass is 9.46. The number of carbonyl (C=O) groups excluding carboxylic acids is 2. The van der Waals surface area contributed by atoms with Crippen LogP contribution in [0.25, 0.3) is 0 Å². The van der Waals surface area contributed by atoms with Crippen molar-refractivity contribution >= 4 is 23.3 Å². The lowest BCUT2D eigenvalue weighted by molar-refractivity contribution is -0.174. The minimum Gasteiger partial charge on any atom is -0.393 e. The monoisotopic (exact) mass is 432 g/mol. The van der Waals surface area contributed by atoms with E-state index in [0.717, 1.165) is 24.8 Å². The molecule has 7 unspecified atom stereocenters. The van der Waals surface area contributed by atoms with Crippen LogP contribution >= 0.6 is 11.8 Å². The average molecular weight is 433 g/mol. The molecule has 0 aromatic carbocycles. The van der Waals surface area contributed by atoms with Crippen molar-refractivity contribution in [3.8, 4) is 0 Å². The van der Waals surface area contributed by atoms with Crippen molar-refractivity contribution in [2.45, 2.75) is 83.2 Å². The predicted molar refractivity (Wildman–Crippen MR) is 120 cm³/mol. The van der Waals surface area contributed by atoms with Crippen LogP contribution in [0, 0.1) is 28.6 Å².